The Hall–Kier alpha value is -2.47. The molecule has 3 N–H and O–H groups in total. The lowest BCUT2D eigenvalue weighted by molar-refractivity contribution is 0.173. The summed E-state index contributed by atoms with van der Waals surface area (Å²) in [5.74, 6) is -1.59. The first kappa shape index (κ1) is 17.9. The molecule has 2 atom stereocenters. The van der Waals surface area contributed by atoms with Gasteiger partial charge in [0.15, 0.2) is 0 Å². The first-order valence-electron chi connectivity index (χ1n) is 7.68. The normalized spacial score (nSPS) is 13.2. The minimum atomic E-state index is -0.762. The summed E-state index contributed by atoms with van der Waals surface area (Å²) in [4.78, 5) is 11.9. The van der Waals surface area contributed by atoms with E-state index in [-0.39, 0.29) is 11.6 Å². The van der Waals surface area contributed by atoms with Crippen LogP contribution in [-0.2, 0) is 0 Å². The number of aliphatic hydroxyl groups excluding tert-OH is 1. The van der Waals surface area contributed by atoms with Crippen LogP contribution in [-0.4, -0.2) is 23.8 Å². The Morgan fingerprint density at radius 1 is 1.12 bits per heavy atom. The standard InChI is InChI=1S/C18H20F2N2O2/c1-12(23)7-14(13-5-3-2-4-6-13)11-21-18(24)22-17-9-15(19)8-16(20)10-17/h2-6,8-10,12,14,23H,7,11H2,1H3,(H2,21,22,24). The molecule has 0 aromatic heterocycles. The summed E-state index contributed by atoms with van der Waals surface area (Å²) in [6, 6.07) is 11.8. The zero-order valence-corrected chi connectivity index (χ0v) is 13.3. The molecule has 2 aromatic rings. The highest BCUT2D eigenvalue weighted by Gasteiger charge is 2.15. The molecule has 0 saturated carbocycles. The molecule has 4 nitrogen and oxygen atoms in total. The highest BCUT2D eigenvalue weighted by Crippen LogP contribution is 2.20. The van der Waals surface area contributed by atoms with Crippen LogP contribution in [0.1, 0.15) is 24.8 Å². The highest BCUT2D eigenvalue weighted by atomic mass is 19.1. The van der Waals surface area contributed by atoms with Crippen LogP contribution in [0.2, 0.25) is 0 Å². The second kappa shape index (κ2) is 8.40. The van der Waals surface area contributed by atoms with Gasteiger partial charge in [0.2, 0.25) is 0 Å². The van der Waals surface area contributed by atoms with Gasteiger partial charge in [0.05, 0.1) is 6.10 Å². The van der Waals surface area contributed by atoms with Crippen molar-refractivity contribution in [2.75, 3.05) is 11.9 Å². The van der Waals surface area contributed by atoms with E-state index in [0.717, 1.165) is 23.8 Å². The van der Waals surface area contributed by atoms with Gasteiger partial charge in [-0.1, -0.05) is 30.3 Å². The summed E-state index contributed by atoms with van der Waals surface area (Å²) in [7, 11) is 0. The third-order valence-corrected chi connectivity index (χ3v) is 3.53. The van der Waals surface area contributed by atoms with Crippen LogP contribution in [0.15, 0.2) is 48.5 Å². The number of benzene rings is 2. The number of aliphatic hydroxyl groups is 1. The van der Waals surface area contributed by atoms with E-state index < -0.39 is 23.8 Å². The molecule has 0 spiro atoms. The summed E-state index contributed by atoms with van der Waals surface area (Å²) < 4.78 is 26.2. The topological polar surface area (TPSA) is 61.4 Å². The lowest BCUT2D eigenvalue weighted by atomic mass is 9.93. The predicted octanol–water partition coefficient (Wildman–Crippen LogP) is 3.64. The molecule has 6 heteroatoms. The average Bonchev–Trinajstić information content (AvgIpc) is 2.51. The molecular formula is C18H20F2N2O2. The van der Waals surface area contributed by atoms with Crippen molar-refractivity contribution < 1.29 is 18.7 Å². The van der Waals surface area contributed by atoms with Crippen molar-refractivity contribution in [2.45, 2.75) is 25.4 Å². The van der Waals surface area contributed by atoms with Crippen molar-refractivity contribution in [3.05, 3.63) is 65.7 Å². The smallest absolute Gasteiger partial charge is 0.319 e. The van der Waals surface area contributed by atoms with Crippen LogP contribution in [0.5, 0.6) is 0 Å². The van der Waals surface area contributed by atoms with Crippen LogP contribution < -0.4 is 10.6 Å². The Morgan fingerprint density at radius 2 is 1.75 bits per heavy atom. The number of carbonyl (C=O) groups is 1. The van der Waals surface area contributed by atoms with Crippen molar-refractivity contribution in [3.8, 4) is 0 Å². The van der Waals surface area contributed by atoms with Gasteiger partial charge in [0.25, 0.3) is 0 Å². The van der Waals surface area contributed by atoms with E-state index in [1.807, 2.05) is 30.3 Å². The van der Waals surface area contributed by atoms with Crippen LogP contribution in [0.4, 0.5) is 19.3 Å². The van der Waals surface area contributed by atoms with Crippen molar-refractivity contribution in [2.24, 2.45) is 0 Å². The van der Waals surface area contributed by atoms with Gasteiger partial charge < -0.3 is 15.7 Å². The molecule has 0 aliphatic rings. The fourth-order valence-corrected chi connectivity index (χ4v) is 2.49. The molecule has 0 radical (unpaired) electrons. The quantitative estimate of drug-likeness (QED) is 0.755. The SMILES string of the molecule is CC(O)CC(CNC(=O)Nc1cc(F)cc(F)c1)c1ccccc1. The van der Waals surface area contributed by atoms with Gasteiger partial charge in [0.1, 0.15) is 11.6 Å². The van der Waals surface area contributed by atoms with Gasteiger partial charge in [-0.2, -0.15) is 0 Å². The highest BCUT2D eigenvalue weighted by molar-refractivity contribution is 5.89. The molecule has 24 heavy (non-hydrogen) atoms. The first-order valence-corrected chi connectivity index (χ1v) is 7.68. The van der Waals surface area contributed by atoms with Crippen LogP contribution in [0, 0.1) is 11.6 Å². The van der Waals surface area contributed by atoms with Crippen LogP contribution in [0.3, 0.4) is 0 Å². The maximum Gasteiger partial charge on any atom is 0.319 e. The number of hydrogen-bond acceptors (Lipinski definition) is 2. The lowest BCUT2D eigenvalue weighted by Crippen LogP contribution is -2.33. The Balaban J connectivity index is 1.96. The number of urea groups is 1. The summed E-state index contributed by atoms with van der Waals surface area (Å²) in [5.41, 5.74) is 1.03. The first-order chi connectivity index (χ1) is 11.4. The molecule has 0 bridgehead atoms. The average molecular weight is 334 g/mol. The molecule has 2 rings (SSSR count). The number of carbonyl (C=O) groups excluding carboxylic acids is 1. The fraction of sp³-hybridized carbons (Fsp3) is 0.278. The summed E-state index contributed by atoms with van der Waals surface area (Å²) in [6.07, 6.45) is -0.0313. The monoisotopic (exact) mass is 334 g/mol. The zero-order valence-electron chi connectivity index (χ0n) is 13.3. The largest absolute Gasteiger partial charge is 0.393 e. The third-order valence-electron chi connectivity index (χ3n) is 3.53. The van der Waals surface area contributed by atoms with Crippen LogP contribution >= 0.6 is 0 Å². The van der Waals surface area contributed by atoms with E-state index in [0.29, 0.717) is 13.0 Å². The lowest BCUT2D eigenvalue weighted by Gasteiger charge is -2.20. The van der Waals surface area contributed by atoms with Crippen molar-refractivity contribution in [3.63, 3.8) is 0 Å². The fourth-order valence-electron chi connectivity index (χ4n) is 2.49. The van der Waals surface area contributed by atoms with E-state index in [2.05, 4.69) is 10.6 Å². The Labute approximate surface area is 139 Å². The minimum absolute atomic E-state index is 0.0387. The minimum Gasteiger partial charge on any atom is -0.393 e. The molecule has 0 aliphatic heterocycles. The molecule has 128 valence electrons. The molecule has 2 aromatic carbocycles. The van der Waals surface area contributed by atoms with E-state index in [4.69, 9.17) is 0 Å². The van der Waals surface area contributed by atoms with Gasteiger partial charge in [-0.25, -0.2) is 13.6 Å². The van der Waals surface area contributed by atoms with Gasteiger partial charge >= 0.3 is 6.03 Å². The van der Waals surface area contributed by atoms with Gasteiger partial charge in [0, 0.05) is 24.2 Å². The number of amides is 2. The summed E-state index contributed by atoms with van der Waals surface area (Å²) >= 11 is 0. The summed E-state index contributed by atoms with van der Waals surface area (Å²) in [6.45, 7) is 1.98. The van der Waals surface area contributed by atoms with Gasteiger partial charge in [-0.15, -0.1) is 0 Å². The maximum absolute atomic E-state index is 13.1. The number of halogens is 2. The molecule has 0 aliphatic carbocycles. The summed E-state index contributed by atoms with van der Waals surface area (Å²) in [5, 5.41) is 14.7. The second-order valence-electron chi connectivity index (χ2n) is 5.69. The predicted molar refractivity (Wildman–Crippen MR) is 88.9 cm³/mol. The van der Waals surface area contributed by atoms with E-state index in [9.17, 15) is 18.7 Å². The zero-order chi connectivity index (χ0) is 17.5. The molecule has 0 fully saturated rings. The third kappa shape index (κ3) is 5.62. The van der Waals surface area contributed by atoms with E-state index in [1.165, 1.54) is 0 Å². The number of anilines is 1. The van der Waals surface area contributed by atoms with Crippen molar-refractivity contribution in [1.29, 1.82) is 0 Å². The van der Waals surface area contributed by atoms with Crippen LogP contribution in [0.25, 0.3) is 0 Å². The Kier molecular flexibility index (Phi) is 6.26. The van der Waals surface area contributed by atoms with Crippen molar-refractivity contribution >= 4 is 11.7 Å². The van der Waals surface area contributed by atoms with E-state index >= 15 is 0 Å². The molecule has 0 saturated heterocycles. The Morgan fingerprint density at radius 3 is 2.33 bits per heavy atom. The molecule has 0 heterocycles. The number of nitrogens with one attached hydrogen (secondary N) is 2. The number of rotatable bonds is 6. The molecule has 2 amide bonds. The van der Waals surface area contributed by atoms with Gasteiger partial charge in [-0.05, 0) is 31.0 Å². The molecular weight excluding hydrogens is 314 g/mol. The second-order valence-corrected chi connectivity index (χ2v) is 5.69. The Bertz CT molecular complexity index is 658. The number of hydrogen-bond donors (Lipinski definition) is 3. The molecule has 2 unspecified atom stereocenters. The van der Waals surface area contributed by atoms with E-state index in [1.54, 1.807) is 6.92 Å². The van der Waals surface area contributed by atoms with Crippen molar-refractivity contribution in [1.82, 2.24) is 5.32 Å². The van der Waals surface area contributed by atoms with Gasteiger partial charge in [-0.3, -0.25) is 0 Å². The maximum atomic E-state index is 13.1.